The first-order valence-electron chi connectivity index (χ1n) is 16.0. The summed E-state index contributed by atoms with van der Waals surface area (Å²) in [6.07, 6.45) is -16.8. The fourth-order valence-electron chi connectivity index (χ4n) is 4.88. The summed E-state index contributed by atoms with van der Waals surface area (Å²) in [5.74, 6) is -154. The molecule has 0 fully saturated rings. The molecule has 1 aromatic carbocycles. The molecule has 71 heavy (non-hydrogen) atoms. The maximum absolute atomic E-state index is 15.7. The molecule has 414 valence electrons. The first kappa shape index (κ1) is 64.8. The second-order valence-electron chi connectivity index (χ2n) is 13.7. The Balaban J connectivity index is 4.69. The molecule has 1 amide bonds. The first-order valence-corrected chi connectivity index (χ1v) is 16.0. The van der Waals surface area contributed by atoms with Crippen LogP contribution in [0.3, 0.4) is 0 Å². The minimum atomic E-state index is -9.88. The monoisotopic (exact) mass is 1140 g/mol. The molecular formula is C28H10BF38NO3. The molecule has 3 N–H and O–H groups in total. The number of hydrogen-bond acceptors (Lipinski definition) is 3. The lowest BCUT2D eigenvalue weighted by atomic mass is 9.68. The highest BCUT2D eigenvalue weighted by atomic mass is 19.4. The van der Waals surface area contributed by atoms with Gasteiger partial charge in [0.25, 0.3) is 5.91 Å². The summed E-state index contributed by atoms with van der Waals surface area (Å²) in [6.45, 7) is 2.70. The van der Waals surface area contributed by atoms with Crippen LogP contribution in [0.4, 0.5) is 173 Å². The fraction of sp³-hybridized carbons (Fsp3) is 0.679. The van der Waals surface area contributed by atoms with Gasteiger partial charge in [0, 0.05) is 16.6 Å². The van der Waals surface area contributed by atoms with Crippen LogP contribution in [0.1, 0.15) is 18.1 Å². The number of benzene rings is 1. The molecule has 0 heterocycles. The summed E-state index contributed by atoms with van der Waals surface area (Å²) in [5.41, 5.74) is -18.7. The molecule has 0 aliphatic carbocycles. The number of alkyl halides is 38. The molecule has 0 aromatic heterocycles. The molecule has 0 saturated heterocycles. The SMILES string of the molecule is C=C(C)C(=O)Nc1ccc(C(F)(F)C(F)(F)C(F)(F)C(F)(F)C(F)(F)C(F)(F)C(F)(F)C(F)(F)C(F)(F)F)c(B(O)O)c1C(F)(F)C(F)(F)C(F)(F)C(F)(F)C(F)(F)C(F)(F)C(F)(F)C(F)(F)C(F)(F)F. The predicted octanol–water partition coefficient (Wildman–Crippen LogP) is 12.1. The summed E-state index contributed by atoms with van der Waals surface area (Å²) >= 11 is 0. The number of rotatable bonds is 19. The third-order valence-corrected chi connectivity index (χ3v) is 9.02. The lowest BCUT2D eigenvalue weighted by molar-refractivity contribution is -0.469. The summed E-state index contributed by atoms with van der Waals surface area (Å²) in [6, 6.07) is -3.36. The van der Waals surface area contributed by atoms with E-state index in [2.05, 4.69) is 6.58 Å². The second-order valence-corrected chi connectivity index (χ2v) is 13.7. The average Bonchev–Trinajstić information content (AvgIpc) is 3.15. The predicted molar refractivity (Wildman–Crippen MR) is 149 cm³/mol. The van der Waals surface area contributed by atoms with Crippen LogP contribution in [0.25, 0.3) is 0 Å². The van der Waals surface area contributed by atoms with Crippen LogP contribution in [0.2, 0.25) is 0 Å². The van der Waals surface area contributed by atoms with E-state index in [4.69, 9.17) is 0 Å². The maximum Gasteiger partial charge on any atom is 0.489 e. The molecule has 0 spiro atoms. The van der Waals surface area contributed by atoms with Gasteiger partial charge in [-0.2, -0.15) is 167 Å². The van der Waals surface area contributed by atoms with E-state index in [0.29, 0.717) is 5.32 Å². The zero-order chi connectivity index (χ0) is 58.2. The van der Waals surface area contributed by atoms with Crippen molar-refractivity contribution >= 4 is 24.2 Å². The van der Waals surface area contributed by atoms with Crippen LogP contribution in [-0.2, 0) is 16.6 Å². The second kappa shape index (κ2) is 16.9. The van der Waals surface area contributed by atoms with Gasteiger partial charge in [-0.3, -0.25) is 4.79 Å². The summed E-state index contributed by atoms with van der Waals surface area (Å²) in [5, 5.41) is 19.2. The van der Waals surface area contributed by atoms with Crippen LogP contribution in [0, 0.1) is 0 Å². The van der Waals surface area contributed by atoms with Crippen LogP contribution in [-0.4, -0.2) is 118 Å². The standard InChI is InChI=1S/C28H10BF38NO3/c1-5(2)10(69)68-7-4-3-6(11(30,31)13(34,35)15(38,39)17(42,43)19(46,47)21(50,51)23(54,55)25(58,59)27(62,63)64)9(29(70)71)8(7)12(32,33)14(36,37)16(40,41)18(44,45)20(48,49)22(52,53)24(56,57)26(60,61)28(65,66)67/h3-4,70-71H,1H2,2H3,(H,68,69). The van der Waals surface area contributed by atoms with Gasteiger partial charge in [-0.05, 0) is 13.0 Å². The number of amides is 1. The zero-order valence-electron chi connectivity index (χ0n) is 31.6. The Morgan fingerprint density at radius 2 is 0.620 bits per heavy atom. The highest BCUT2D eigenvalue weighted by Crippen LogP contribution is 2.69. The molecular weight excluding hydrogens is 1130 g/mol. The molecule has 0 saturated carbocycles. The topological polar surface area (TPSA) is 69.6 Å². The molecule has 4 nitrogen and oxygen atoms in total. The Morgan fingerprint density at radius 3 is 0.845 bits per heavy atom. The van der Waals surface area contributed by atoms with E-state index in [-0.39, 0.29) is 6.92 Å². The highest BCUT2D eigenvalue weighted by molar-refractivity contribution is 6.60. The van der Waals surface area contributed by atoms with E-state index in [0.717, 1.165) is 0 Å². The van der Waals surface area contributed by atoms with Crippen molar-refractivity contribution in [3.8, 4) is 0 Å². The van der Waals surface area contributed by atoms with Crippen LogP contribution in [0.5, 0.6) is 0 Å². The maximum atomic E-state index is 15.7. The van der Waals surface area contributed by atoms with E-state index in [1.807, 2.05) is 0 Å². The van der Waals surface area contributed by atoms with E-state index in [9.17, 15) is 155 Å². The average molecular weight is 1140 g/mol. The largest absolute Gasteiger partial charge is 0.489 e. The summed E-state index contributed by atoms with van der Waals surface area (Å²) in [4.78, 5) is 12.0. The smallest absolute Gasteiger partial charge is 0.423 e. The van der Waals surface area contributed by atoms with Gasteiger partial charge in [-0.25, -0.2) is 0 Å². The third kappa shape index (κ3) is 8.18. The molecule has 0 atom stereocenters. The lowest BCUT2D eigenvalue weighted by Gasteiger charge is -2.44. The van der Waals surface area contributed by atoms with Gasteiger partial charge in [0.2, 0.25) is 0 Å². The van der Waals surface area contributed by atoms with Crippen molar-refractivity contribution in [2.75, 3.05) is 5.32 Å². The number of carbonyl (C=O) groups excluding carboxylic acids is 1. The summed E-state index contributed by atoms with van der Waals surface area (Å²) in [7, 11) is -5.43. The molecule has 0 aliphatic heterocycles. The minimum Gasteiger partial charge on any atom is -0.423 e. The highest BCUT2D eigenvalue weighted by Gasteiger charge is 2.99. The molecule has 0 aliphatic rings. The number of nitrogens with one attached hydrogen (secondary N) is 1. The molecule has 0 unspecified atom stereocenters. The van der Waals surface area contributed by atoms with Crippen LogP contribution < -0.4 is 10.8 Å². The van der Waals surface area contributed by atoms with Gasteiger partial charge < -0.3 is 15.4 Å². The van der Waals surface area contributed by atoms with Gasteiger partial charge in [0.05, 0.1) is 11.3 Å². The zero-order valence-corrected chi connectivity index (χ0v) is 31.6. The van der Waals surface area contributed by atoms with Crippen molar-refractivity contribution < 1.29 is 182 Å². The van der Waals surface area contributed by atoms with Crippen LogP contribution in [0.15, 0.2) is 24.3 Å². The van der Waals surface area contributed by atoms with Gasteiger partial charge in [-0.15, -0.1) is 0 Å². The van der Waals surface area contributed by atoms with E-state index in [1.54, 1.807) is 0 Å². The molecule has 43 heteroatoms. The normalized spacial score (nSPS) is 16.1. The van der Waals surface area contributed by atoms with E-state index >= 15 is 26.3 Å². The third-order valence-electron chi connectivity index (χ3n) is 9.02. The fourth-order valence-corrected chi connectivity index (χ4v) is 4.88. The van der Waals surface area contributed by atoms with E-state index in [1.165, 1.54) is 0 Å². The van der Waals surface area contributed by atoms with Gasteiger partial charge in [0.1, 0.15) is 0 Å². The number of hydrogen-bond donors (Lipinski definition) is 3. The van der Waals surface area contributed by atoms with Crippen molar-refractivity contribution in [1.29, 1.82) is 0 Å². The molecule has 0 radical (unpaired) electrons. The van der Waals surface area contributed by atoms with Gasteiger partial charge >= 0.3 is 114 Å². The Kier molecular flexibility index (Phi) is 15.4. The van der Waals surface area contributed by atoms with Crippen LogP contribution >= 0.6 is 0 Å². The van der Waals surface area contributed by atoms with Crippen molar-refractivity contribution in [2.24, 2.45) is 0 Å². The molecule has 1 rings (SSSR count). The van der Waals surface area contributed by atoms with Crippen molar-refractivity contribution in [2.45, 2.75) is 114 Å². The Hall–Kier alpha value is -4.25. The quantitative estimate of drug-likeness (QED) is 0.0734. The number of halogens is 38. The van der Waals surface area contributed by atoms with E-state index < -0.39 is 160 Å². The number of anilines is 1. The first-order chi connectivity index (χ1) is 30.3. The summed E-state index contributed by atoms with van der Waals surface area (Å²) < 4.78 is 532. The Bertz CT molecular complexity index is 2180. The van der Waals surface area contributed by atoms with Crippen molar-refractivity contribution in [1.82, 2.24) is 0 Å². The molecule has 1 aromatic rings. The molecule has 0 bridgehead atoms. The van der Waals surface area contributed by atoms with Gasteiger partial charge in [0.15, 0.2) is 0 Å². The Morgan fingerprint density at radius 1 is 0.394 bits per heavy atom. The van der Waals surface area contributed by atoms with Crippen molar-refractivity contribution in [3.63, 3.8) is 0 Å². The lowest BCUT2D eigenvalue weighted by Crippen LogP contribution is -2.76. The van der Waals surface area contributed by atoms with Gasteiger partial charge in [-0.1, -0.05) is 12.6 Å². The minimum absolute atomic E-state index is 0.198. The van der Waals surface area contributed by atoms with Crippen molar-refractivity contribution in [3.05, 3.63) is 35.4 Å². The Labute approximate surface area is 361 Å². The number of carbonyl (C=O) groups is 1.